The molecule has 0 aromatic rings. The van der Waals surface area contributed by atoms with Gasteiger partial charge in [0, 0.05) is 12.3 Å². The number of phosphoric ester groups is 1. The molecule has 0 radical (unpaired) electrons. The monoisotopic (exact) mass is 277 g/mol. The van der Waals surface area contributed by atoms with E-state index >= 15 is 0 Å². The lowest BCUT2D eigenvalue weighted by molar-refractivity contribution is 0.134. The Bertz CT molecular complexity index is 280. The predicted octanol–water partition coefficient (Wildman–Crippen LogP) is 3.59. The van der Waals surface area contributed by atoms with Gasteiger partial charge in [0.25, 0.3) is 0 Å². The smallest absolute Gasteiger partial charge is 0.292 e. The van der Waals surface area contributed by atoms with Gasteiger partial charge in [-0.05, 0) is 26.7 Å². The second-order valence-corrected chi connectivity index (χ2v) is 5.87. The van der Waals surface area contributed by atoms with E-state index in [4.69, 9.17) is 13.6 Å². The van der Waals surface area contributed by atoms with Crippen LogP contribution in [0.25, 0.3) is 0 Å². The maximum absolute atomic E-state index is 11.9. The van der Waals surface area contributed by atoms with Crippen LogP contribution in [0.5, 0.6) is 0 Å². The van der Waals surface area contributed by atoms with Crippen molar-refractivity contribution in [2.24, 2.45) is 4.99 Å². The molecule has 0 heterocycles. The van der Waals surface area contributed by atoms with E-state index in [9.17, 15) is 4.57 Å². The highest BCUT2D eigenvalue weighted by atomic mass is 31.2. The van der Waals surface area contributed by atoms with Crippen molar-refractivity contribution in [3.63, 3.8) is 0 Å². The lowest BCUT2D eigenvalue weighted by atomic mass is 9.96. The Morgan fingerprint density at radius 2 is 1.72 bits per heavy atom. The van der Waals surface area contributed by atoms with Gasteiger partial charge in [0.05, 0.1) is 19.8 Å². The quantitative estimate of drug-likeness (QED) is 0.502. The average molecular weight is 277 g/mol. The van der Waals surface area contributed by atoms with Crippen molar-refractivity contribution in [3.8, 4) is 0 Å². The molecule has 106 valence electrons. The zero-order chi connectivity index (χ0) is 13.3. The molecule has 0 aromatic carbocycles. The van der Waals surface area contributed by atoms with E-state index in [2.05, 4.69) is 4.99 Å². The minimum absolute atomic E-state index is 0.174. The van der Waals surface area contributed by atoms with Crippen molar-refractivity contribution in [1.29, 1.82) is 0 Å². The zero-order valence-corrected chi connectivity index (χ0v) is 12.2. The van der Waals surface area contributed by atoms with Gasteiger partial charge in [-0.25, -0.2) is 4.57 Å². The molecule has 0 aliphatic heterocycles. The van der Waals surface area contributed by atoms with Crippen LogP contribution in [-0.2, 0) is 18.1 Å². The van der Waals surface area contributed by atoms with Crippen molar-refractivity contribution in [2.75, 3.05) is 19.8 Å². The second-order valence-electron chi connectivity index (χ2n) is 4.20. The summed E-state index contributed by atoms with van der Waals surface area (Å²) < 4.78 is 27.1. The molecule has 1 saturated carbocycles. The lowest BCUT2D eigenvalue weighted by Crippen LogP contribution is -2.10. The molecule has 0 unspecified atom stereocenters. The summed E-state index contributed by atoms with van der Waals surface area (Å²) in [7, 11) is -3.38. The summed E-state index contributed by atoms with van der Waals surface area (Å²) in [5.74, 6) is 0. The molecular weight excluding hydrogens is 253 g/mol. The fraction of sp³-hybridized carbons (Fsp3) is 0.917. The van der Waals surface area contributed by atoms with Crippen molar-refractivity contribution < 1.29 is 18.1 Å². The van der Waals surface area contributed by atoms with E-state index in [1.807, 2.05) is 0 Å². The number of hydrogen-bond donors (Lipinski definition) is 0. The van der Waals surface area contributed by atoms with Gasteiger partial charge in [0.15, 0.2) is 0 Å². The van der Waals surface area contributed by atoms with Crippen LogP contribution in [0.1, 0.15) is 46.0 Å². The first-order valence-electron chi connectivity index (χ1n) is 6.75. The van der Waals surface area contributed by atoms with Gasteiger partial charge < -0.3 is 0 Å². The molecule has 0 saturated heterocycles. The van der Waals surface area contributed by atoms with E-state index in [0.717, 1.165) is 12.8 Å². The largest absolute Gasteiger partial charge is 0.475 e. The van der Waals surface area contributed by atoms with Crippen LogP contribution in [0, 0.1) is 0 Å². The van der Waals surface area contributed by atoms with Gasteiger partial charge in [0.2, 0.25) is 0 Å². The Hall–Kier alpha value is -0.220. The maximum Gasteiger partial charge on any atom is 0.475 e. The molecule has 0 spiro atoms. The Morgan fingerprint density at radius 3 is 2.28 bits per heavy atom. The summed E-state index contributed by atoms with van der Waals surface area (Å²) in [6.07, 6.45) is 7.78. The Morgan fingerprint density at radius 1 is 1.11 bits per heavy atom. The first-order chi connectivity index (χ1) is 8.70. The van der Waals surface area contributed by atoms with Crippen LogP contribution in [-0.4, -0.2) is 32.1 Å². The fourth-order valence-corrected chi connectivity index (χ4v) is 3.08. The minimum Gasteiger partial charge on any atom is -0.292 e. The molecule has 0 atom stereocenters. The van der Waals surface area contributed by atoms with E-state index < -0.39 is 7.82 Å². The Kier molecular flexibility index (Phi) is 7.75. The Balaban J connectivity index is 2.28. The lowest BCUT2D eigenvalue weighted by Gasteiger charge is -2.18. The van der Waals surface area contributed by atoms with E-state index in [0.29, 0.717) is 19.3 Å². The second kappa shape index (κ2) is 8.81. The van der Waals surface area contributed by atoms with Gasteiger partial charge in [-0.15, -0.1) is 0 Å². The fourth-order valence-electron chi connectivity index (χ4n) is 1.97. The first-order valence-corrected chi connectivity index (χ1v) is 8.21. The molecule has 1 rings (SSSR count). The number of hydrogen-bond acceptors (Lipinski definition) is 5. The highest BCUT2D eigenvalue weighted by molar-refractivity contribution is 7.48. The van der Waals surface area contributed by atoms with Gasteiger partial charge in [0.1, 0.15) is 0 Å². The third-order valence-electron chi connectivity index (χ3n) is 2.77. The van der Waals surface area contributed by atoms with Crippen molar-refractivity contribution in [1.82, 2.24) is 0 Å². The standard InChI is InChI=1S/C12H24NO4P/c1-3-15-18(14,16-4-2)17-11-10-13-12-8-6-5-7-9-12/h10,12H,3-9,11H2,1-2H3. The number of nitrogens with zero attached hydrogens (tertiary/aromatic N) is 1. The van der Waals surface area contributed by atoms with Crippen LogP contribution in [0.15, 0.2) is 4.99 Å². The summed E-state index contributed by atoms with van der Waals surface area (Å²) >= 11 is 0. The van der Waals surface area contributed by atoms with Crippen molar-refractivity contribution >= 4 is 14.0 Å². The predicted molar refractivity (Wildman–Crippen MR) is 72.2 cm³/mol. The van der Waals surface area contributed by atoms with Crippen LogP contribution in [0.3, 0.4) is 0 Å². The molecule has 1 aliphatic carbocycles. The van der Waals surface area contributed by atoms with Gasteiger partial charge in [-0.1, -0.05) is 19.3 Å². The summed E-state index contributed by atoms with van der Waals surface area (Å²) in [5, 5.41) is 0. The summed E-state index contributed by atoms with van der Waals surface area (Å²) in [4.78, 5) is 4.42. The van der Waals surface area contributed by atoms with Crippen molar-refractivity contribution in [2.45, 2.75) is 52.0 Å². The minimum atomic E-state index is -3.38. The highest BCUT2D eigenvalue weighted by Gasteiger charge is 2.24. The average Bonchev–Trinajstić information content (AvgIpc) is 2.37. The maximum atomic E-state index is 11.9. The molecule has 0 aromatic heterocycles. The van der Waals surface area contributed by atoms with Gasteiger partial charge in [-0.2, -0.15) is 0 Å². The third-order valence-corrected chi connectivity index (χ3v) is 4.39. The normalized spacial score (nSPS) is 18.6. The first kappa shape index (κ1) is 15.8. The van der Waals surface area contributed by atoms with Crippen LogP contribution < -0.4 is 0 Å². The van der Waals surface area contributed by atoms with Gasteiger partial charge >= 0.3 is 7.82 Å². The van der Waals surface area contributed by atoms with Crippen molar-refractivity contribution in [3.05, 3.63) is 0 Å². The van der Waals surface area contributed by atoms with E-state index in [-0.39, 0.29) is 6.61 Å². The topological polar surface area (TPSA) is 57.1 Å². The van der Waals surface area contributed by atoms with Crippen LogP contribution >= 0.6 is 7.82 Å². The SMILES string of the molecule is CCOP(=O)(OCC)OCC=NC1CCCCC1. The highest BCUT2D eigenvalue weighted by Crippen LogP contribution is 2.48. The molecule has 18 heavy (non-hydrogen) atoms. The molecule has 0 amide bonds. The molecule has 5 nitrogen and oxygen atoms in total. The summed E-state index contributed by atoms with van der Waals surface area (Å²) in [5.41, 5.74) is 0. The van der Waals surface area contributed by atoms with Crippen LogP contribution in [0.4, 0.5) is 0 Å². The molecule has 6 heteroatoms. The van der Waals surface area contributed by atoms with E-state index in [1.165, 1.54) is 19.3 Å². The summed E-state index contributed by atoms with van der Waals surface area (Å²) in [6.45, 7) is 4.29. The number of aliphatic imine (C=N–C) groups is 1. The summed E-state index contributed by atoms with van der Waals surface area (Å²) in [6, 6.07) is 0.404. The van der Waals surface area contributed by atoms with Gasteiger partial charge in [-0.3, -0.25) is 18.6 Å². The molecule has 1 fully saturated rings. The van der Waals surface area contributed by atoms with E-state index in [1.54, 1.807) is 20.1 Å². The van der Waals surface area contributed by atoms with Crippen LogP contribution in [0.2, 0.25) is 0 Å². The molecule has 1 aliphatic rings. The third kappa shape index (κ3) is 6.10. The number of phosphoric acid groups is 1. The molecule has 0 bridgehead atoms. The molecular formula is C12H24NO4P. The zero-order valence-electron chi connectivity index (χ0n) is 11.3. The molecule has 0 N–H and O–H groups in total. The number of rotatable bonds is 8. The Labute approximate surface area is 110 Å².